The van der Waals surface area contributed by atoms with E-state index in [4.69, 9.17) is 26.9 Å². The highest BCUT2D eigenvalue weighted by Crippen LogP contribution is 2.26. The first kappa shape index (κ1) is 11.8. The minimum absolute atomic E-state index is 0.147. The number of hydrogen-bond donors (Lipinski definition) is 2. The second kappa shape index (κ2) is 5.11. The van der Waals surface area contributed by atoms with Crippen LogP contribution in [0.3, 0.4) is 0 Å². The van der Waals surface area contributed by atoms with Gasteiger partial charge in [-0.05, 0) is 0 Å². The van der Waals surface area contributed by atoms with E-state index in [-0.39, 0.29) is 12.1 Å². The predicted molar refractivity (Wildman–Crippen MR) is 58.8 cm³/mol. The summed E-state index contributed by atoms with van der Waals surface area (Å²) in [7, 11) is 1.81. The Morgan fingerprint density at radius 3 is 3.00 bits per heavy atom. The fourth-order valence-electron chi connectivity index (χ4n) is 1.83. The predicted octanol–water partition coefficient (Wildman–Crippen LogP) is -0.00670. The number of halogens is 1. The van der Waals surface area contributed by atoms with Crippen LogP contribution >= 0.6 is 11.6 Å². The zero-order chi connectivity index (χ0) is 11.5. The molecule has 2 heterocycles. The molecular formula is C9H15ClN4O2. The summed E-state index contributed by atoms with van der Waals surface area (Å²) in [6.07, 6.45) is 1.44. The minimum atomic E-state index is -0.222. The fourth-order valence-corrected chi connectivity index (χ4v) is 2.11. The SMILES string of the molecule is Cn1ncc(Cl)c1C(NN)C1COCCO1. The molecule has 0 aliphatic carbocycles. The molecule has 2 rings (SSSR count). The third-order valence-corrected chi connectivity index (χ3v) is 2.92. The zero-order valence-corrected chi connectivity index (χ0v) is 9.78. The van der Waals surface area contributed by atoms with Gasteiger partial charge in [-0.2, -0.15) is 5.10 Å². The molecule has 1 fully saturated rings. The molecule has 16 heavy (non-hydrogen) atoms. The smallest absolute Gasteiger partial charge is 0.103 e. The van der Waals surface area contributed by atoms with E-state index >= 15 is 0 Å². The topological polar surface area (TPSA) is 74.3 Å². The molecule has 90 valence electrons. The molecule has 1 aliphatic heterocycles. The second-order valence-corrected chi connectivity index (χ2v) is 4.04. The lowest BCUT2D eigenvalue weighted by molar-refractivity contribution is -0.103. The van der Waals surface area contributed by atoms with Gasteiger partial charge in [-0.3, -0.25) is 10.5 Å². The van der Waals surface area contributed by atoms with E-state index in [1.807, 2.05) is 7.05 Å². The highest BCUT2D eigenvalue weighted by atomic mass is 35.5. The minimum Gasteiger partial charge on any atom is -0.376 e. The van der Waals surface area contributed by atoms with Crippen LogP contribution in [0, 0.1) is 0 Å². The van der Waals surface area contributed by atoms with Gasteiger partial charge in [0.2, 0.25) is 0 Å². The van der Waals surface area contributed by atoms with Crippen molar-refractivity contribution in [2.24, 2.45) is 12.9 Å². The zero-order valence-electron chi connectivity index (χ0n) is 9.02. The molecule has 0 saturated carbocycles. The summed E-state index contributed by atoms with van der Waals surface area (Å²) >= 11 is 6.06. The summed E-state index contributed by atoms with van der Waals surface area (Å²) in [4.78, 5) is 0. The van der Waals surface area contributed by atoms with Crippen LogP contribution in [-0.4, -0.2) is 35.7 Å². The van der Waals surface area contributed by atoms with Gasteiger partial charge in [-0.1, -0.05) is 11.6 Å². The number of nitrogens with zero attached hydrogens (tertiary/aromatic N) is 2. The summed E-state index contributed by atoms with van der Waals surface area (Å²) in [5, 5.41) is 4.64. The van der Waals surface area contributed by atoms with Crippen LogP contribution in [-0.2, 0) is 16.5 Å². The molecule has 0 bridgehead atoms. The van der Waals surface area contributed by atoms with Crippen molar-refractivity contribution in [1.82, 2.24) is 15.2 Å². The van der Waals surface area contributed by atoms with E-state index in [2.05, 4.69) is 10.5 Å². The maximum absolute atomic E-state index is 6.06. The summed E-state index contributed by atoms with van der Waals surface area (Å²) < 4.78 is 12.6. The number of hydrogen-bond acceptors (Lipinski definition) is 5. The lowest BCUT2D eigenvalue weighted by Gasteiger charge is -2.30. The molecule has 0 amide bonds. The van der Waals surface area contributed by atoms with Gasteiger partial charge in [-0.25, -0.2) is 5.43 Å². The van der Waals surface area contributed by atoms with Crippen molar-refractivity contribution in [2.45, 2.75) is 12.1 Å². The van der Waals surface area contributed by atoms with Crippen LogP contribution in [0.15, 0.2) is 6.20 Å². The van der Waals surface area contributed by atoms with Crippen molar-refractivity contribution >= 4 is 11.6 Å². The largest absolute Gasteiger partial charge is 0.376 e. The molecule has 7 heteroatoms. The molecule has 2 unspecified atom stereocenters. The van der Waals surface area contributed by atoms with Gasteiger partial charge in [0.05, 0.1) is 42.8 Å². The van der Waals surface area contributed by atoms with E-state index in [9.17, 15) is 0 Å². The number of aryl methyl sites for hydroxylation is 1. The van der Waals surface area contributed by atoms with Gasteiger partial charge < -0.3 is 9.47 Å². The summed E-state index contributed by atoms with van der Waals surface area (Å²) in [6.45, 7) is 1.68. The van der Waals surface area contributed by atoms with E-state index < -0.39 is 0 Å². The monoisotopic (exact) mass is 246 g/mol. The second-order valence-electron chi connectivity index (χ2n) is 3.63. The Labute approximate surface area is 98.6 Å². The van der Waals surface area contributed by atoms with Gasteiger partial charge in [0.15, 0.2) is 0 Å². The highest BCUT2D eigenvalue weighted by molar-refractivity contribution is 6.31. The Bertz CT molecular complexity index is 332. The first-order valence-electron chi connectivity index (χ1n) is 5.07. The Hall–Kier alpha value is -0.660. The fraction of sp³-hybridized carbons (Fsp3) is 0.667. The van der Waals surface area contributed by atoms with Gasteiger partial charge in [0.1, 0.15) is 6.10 Å². The normalized spacial score (nSPS) is 23.3. The molecule has 6 nitrogen and oxygen atoms in total. The van der Waals surface area contributed by atoms with E-state index in [0.29, 0.717) is 24.8 Å². The number of aromatic nitrogens is 2. The Morgan fingerprint density at radius 1 is 1.69 bits per heavy atom. The van der Waals surface area contributed by atoms with Crippen LogP contribution < -0.4 is 11.3 Å². The molecule has 1 aromatic heterocycles. The average Bonchev–Trinajstić information content (AvgIpc) is 2.63. The highest BCUT2D eigenvalue weighted by Gasteiger charge is 2.29. The summed E-state index contributed by atoms with van der Waals surface area (Å²) in [5.41, 5.74) is 3.51. The first-order valence-corrected chi connectivity index (χ1v) is 5.44. The molecule has 0 radical (unpaired) electrons. The van der Waals surface area contributed by atoms with Crippen molar-refractivity contribution in [3.63, 3.8) is 0 Å². The van der Waals surface area contributed by atoms with Crippen molar-refractivity contribution in [3.05, 3.63) is 16.9 Å². The molecule has 0 spiro atoms. The molecule has 2 atom stereocenters. The van der Waals surface area contributed by atoms with Crippen LogP contribution in [0.5, 0.6) is 0 Å². The van der Waals surface area contributed by atoms with Crippen LogP contribution in [0.1, 0.15) is 11.7 Å². The lowest BCUT2D eigenvalue weighted by atomic mass is 10.1. The number of nitrogens with one attached hydrogen (secondary N) is 1. The van der Waals surface area contributed by atoms with Crippen molar-refractivity contribution in [1.29, 1.82) is 0 Å². The van der Waals surface area contributed by atoms with Gasteiger partial charge in [0.25, 0.3) is 0 Å². The van der Waals surface area contributed by atoms with Crippen LogP contribution in [0.2, 0.25) is 5.02 Å². The Kier molecular flexibility index (Phi) is 3.78. The van der Waals surface area contributed by atoms with E-state index in [1.54, 1.807) is 10.9 Å². The van der Waals surface area contributed by atoms with Gasteiger partial charge in [0, 0.05) is 7.05 Å². The van der Waals surface area contributed by atoms with Crippen LogP contribution in [0.25, 0.3) is 0 Å². The van der Waals surface area contributed by atoms with E-state index in [0.717, 1.165) is 5.69 Å². The quantitative estimate of drug-likeness (QED) is 0.580. The van der Waals surface area contributed by atoms with E-state index in [1.165, 1.54) is 0 Å². The number of nitrogens with two attached hydrogens (primary N) is 1. The van der Waals surface area contributed by atoms with Crippen molar-refractivity contribution in [3.8, 4) is 0 Å². The molecular weight excluding hydrogens is 232 g/mol. The molecule has 0 aromatic carbocycles. The third-order valence-electron chi connectivity index (χ3n) is 2.63. The number of rotatable bonds is 3. The lowest BCUT2D eigenvalue weighted by Crippen LogP contribution is -2.44. The Balaban J connectivity index is 2.21. The van der Waals surface area contributed by atoms with Gasteiger partial charge in [-0.15, -0.1) is 0 Å². The van der Waals surface area contributed by atoms with Crippen molar-refractivity contribution in [2.75, 3.05) is 19.8 Å². The summed E-state index contributed by atoms with van der Waals surface area (Å²) in [6, 6.07) is -0.222. The average molecular weight is 247 g/mol. The maximum Gasteiger partial charge on any atom is 0.103 e. The number of ether oxygens (including phenoxy) is 2. The maximum atomic E-state index is 6.06. The Morgan fingerprint density at radius 2 is 2.50 bits per heavy atom. The van der Waals surface area contributed by atoms with Crippen molar-refractivity contribution < 1.29 is 9.47 Å². The molecule has 1 aliphatic rings. The first-order chi connectivity index (χ1) is 7.74. The molecule has 1 saturated heterocycles. The third kappa shape index (κ3) is 2.21. The standard InChI is InChI=1S/C9H15ClN4O2/c1-14-9(6(10)4-12-14)8(13-11)7-5-15-2-3-16-7/h4,7-8,13H,2-3,5,11H2,1H3. The molecule has 3 N–H and O–H groups in total. The van der Waals surface area contributed by atoms with Gasteiger partial charge >= 0.3 is 0 Å². The number of hydrazine groups is 1. The van der Waals surface area contributed by atoms with Crippen LogP contribution in [0.4, 0.5) is 0 Å². The molecule has 1 aromatic rings. The summed E-state index contributed by atoms with van der Waals surface area (Å²) in [5.74, 6) is 5.55.